The van der Waals surface area contributed by atoms with Crippen molar-refractivity contribution >= 4 is 23.8 Å². The Hall–Kier alpha value is -3.49. The number of pyridine rings is 1. The van der Waals surface area contributed by atoms with E-state index in [9.17, 15) is 70.2 Å². The van der Waals surface area contributed by atoms with Gasteiger partial charge in [0.25, 0.3) is 0 Å². The number of nitrogens with zero attached hydrogens (tertiary/aromatic N) is 6. The van der Waals surface area contributed by atoms with E-state index in [0.717, 1.165) is 9.80 Å². The lowest BCUT2D eigenvalue weighted by Crippen LogP contribution is -2.50. The SMILES string of the molecule is CN1CCN(C(CCC(=O)N(C)CC(O)C(O)C(O)C(O)CO)C(=O)O)Cc2cccc(n2)CN(C(CCC(=O)N(C)CC(O)C(O)C(O)C(O)CO)C(=O)O)CC1. The van der Waals surface area contributed by atoms with Gasteiger partial charge in [-0.25, -0.2) is 0 Å². The number of rotatable bonds is 22. The van der Waals surface area contributed by atoms with Crippen LogP contribution in [0.5, 0.6) is 0 Å². The number of aliphatic hydroxyl groups excluding tert-OH is 10. The highest BCUT2D eigenvalue weighted by atomic mass is 16.4. The van der Waals surface area contributed by atoms with Crippen LogP contribution >= 0.6 is 0 Å². The summed E-state index contributed by atoms with van der Waals surface area (Å²) in [7, 11) is 4.41. The van der Waals surface area contributed by atoms with E-state index >= 15 is 0 Å². The normalized spacial score (nSPS) is 20.2. The third kappa shape index (κ3) is 15.6. The molecule has 1 aliphatic rings. The van der Waals surface area contributed by atoms with Crippen LogP contribution in [0.4, 0.5) is 0 Å². The summed E-state index contributed by atoms with van der Waals surface area (Å²) >= 11 is 0. The van der Waals surface area contributed by atoms with Gasteiger partial charge in [-0.3, -0.25) is 34.0 Å². The summed E-state index contributed by atoms with van der Waals surface area (Å²) in [6, 6.07) is 2.76. The summed E-state index contributed by atoms with van der Waals surface area (Å²) in [4.78, 5) is 63.1. The molecule has 0 fully saturated rings. The molecule has 0 radical (unpaired) electrons. The fraction of sp³-hybridized carbons (Fsp3) is 0.750. The number of carboxylic acids is 2. The maximum atomic E-state index is 13.0. The predicted molar refractivity (Wildman–Crippen MR) is 201 cm³/mol. The van der Waals surface area contributed by atoms with Crippen molar-refractivity contribution in [2.24, 2.45) is 0 Å². The second kappa shape index (κ2) is 24.6. The number of aliphatic hydroxyl groups is 10. The van der Waals surface area contributed by atoms with E-state index in [-0.39, 0.29) is 51.9 Å². The zero-order chi connectivity index (χ0) is 43.9. The number of hydrogen-bond acceptors (Lipinski definition) is 18. The van der Waals surface area contributed by atoms with Crippen molar-refractivity contribution in [1.82, 2.24) is 29.5 Å². The average molecular weight is 835 g/mol. The lowest BCUT2D eigenvalue weighted by molar-refractivity contribution is -0.146. The van der Waals surface area contributed by atoms with E-state index in [4.69, 9.17) is 10.2 Å². The van der Waals surface area contributed by atoms with Gasteiger partial charge in [0.15, 0.2) is 0 Å². The van der Waals surface area contributed by atoms with Gasteiger partial charge in [-0.15, -0.1) is 0 Å². The van der Waals surface area contributed by atoms with Crippen LogP contribution in [0.2, 0.25) is 0 Å². The van der Waals surface area contributed by atoms with Crippen LogP contribution in [-0.2, 0) is 32.3 Å². The number of carbonyl (C=O) groups excluding carboxylic acids is 2. The fourth-order valence-corrected chi connectivity index (χ4v) is 6.46. The number of amides is 2. The second-order valence-electron chi connectivity index (χ2n) is 14.8. The molecule has 0 aliphatic carbocycles. The molecule has 1 aromatic heterocycles. The Bertz CT molecular complexity index is 1350. The van der Waals surface area contributed by atoms with E-state index in [1.165, 1.54) is 14.1 Å². The first-order chi connectivity index (χ1) is 27.2. The first-order valence-electron chi connectivity index (χ1n) is 18.9. The van der Waals surface area contributed by atoms with Crippen LogP contribution < -0.4 is 0 Å². The van der Waals surface area contributed by atoms with Gasteiger partial charge in [-0.2, -0.15) is 0 Å². The molecule has 0 spiro atoms. The highest BCUT2D eigenvalue weighted by Gasteiger charge is 2.34. The van der Waals surface area contributed by atoms with Gasteiger partial charge in [0.05, 0.1) is 24.6 Å². The van der Waals surface area contributed by atoms with Gasteiger partial charge in [0, 0.05) is 79.3 Å². The fourth-order valence-electron chi connectivity index (χ4n) is 6.46. The molecule has 0 saturated heterocycles. The van der Waals surface area contributed by atoms with E-state index < -0.39 is 111 Å². The largest absolute Gasteiger partial charge is 0.480 e. The number of carboxylic acid groups (broad SMARTS) is 2. The zero-order valence-electron chi connectivity index (χ0n) is 33.1. The standard InChI is InChI=1S/C36H62N6O16/c1-38-11-13-41(23(35(55)56)7-9-29(49)39(2)17-25(45)31(51)33(53)27(47)19-43)15-21-5-4-6-22(37-21)16-42(14-12-38)24(36(57)58)8-10-30(50)40(3)18-26(46)32(52)34(54)28(48)20-44/h4-6,23-28,31-34,43-48,51-54H,7-20H2,1-3H3,(H,55,56)(H,57,58). The molecule has 58 heavy (non-hydrogen) atoms. The maximum absolute atomic E-state index is 13.0. The third-order valence-electron chi connectivity index (χ3n) is 10.3. The van der Waals surface area contributed by atoms with E-state index in [2.05, 4.69) is 4.98 Å². The number of hydrogen-bond donors (Lipinski definition) is 12. The molecule has 1 aromatic rings. The maximum Gasteiger partial charge on any atom is 0.320 e. The molecule has 1 aliphatic heterocycles. The summed E-state index contributed by atoms with van der Waals surface area (Å²) < 4.78 is 0. The van der Waals surface area contributed by atoms with Gasteiger partial charge in [0.2, 0.25) is 11.8 Å². The summed E-state index contributed by atoms with van der Waals surface area (Å²) in [5.41, 5.74) is 0.939. The highest BCUT2D eigenvalue weighted by molar-refractivity contribution is 5.79. The van der Waals surface area contributed by atoms with Crippen molar-refractivity contribution in [1.29, 1.82) is 0 Å². The quantitative estimate of drug-likeness (QED) is 0.0517. The van der Waals surface area contributed by atoms with Crippen LogP contribution in [0.15, 0.2) is 18.2 Å². The molecular weight excluding hydrogens is 772 g/mol. The average Bonchev–Trinajstić information content (AvgIpc) is 3.18. The predicted octanol–water partition coefficient (Wildman–Crippen LogP) is -6.11. The second-order valence-corrected chi connectivity index (χ2v) is 14.8. The highest BCUT2D eigenvalue weighted by Crippen LogP contribution is 2.18. The first kappa shape index (κ1) is 50.7. The molecular formula is C36H62N6O16. The molecule has 2 heterocycles. The van der Waals surface area contributed by atoms with Crippen molar-refractivity contribution in [3.63, 3.8) is 0 Å². The number of fused-ring (bicyclic) bond motifs is 2. The summed E-state index contributed by atoms with van der Waals surface area (Å²) in [5, 5.41) is 118. The Balaban J connectivity index is 2.17. The topological polar surface area (TPSA) is 340 Å². The van der Waals surface area contributed by atoms with Crippen molar-refractivity contribution in [2.45, 2.75) is 99.7 Å². The van der Waals surface area contributed by atoms with Gasteiger partial charge in [0.1, 0.15) is 60.9 Å². The minimum atomic E-state index is -1.88. The molecule has 332 valence electrons. The van der Waals surface area contributed by atoms with Gasteiger partial charge >= 0.3 is 11.9 Å². The molecule has 0 aromatic carbocycles. The molecule has 2 bridgehead atoms. The number of aliphatic carboxylic acids is 2. The van der Waals surface area contributed by atoms with Crippen molar-refractivity contribution in [3.8, 4) is 0 Å². The first-order valence-corrected chi connectivity index (χ1v) is 18.9. The van der Waals surface area contributed by atoms with Crippen LogP contribution in [0.3, 0.4) is 0 Å². The molecule has 22 heteroatoms. The molecule has 22 nitrogen and oxygen atoms in total. The lowest BCUT2D eigenvalue weighted by atomic mass is 10.0. The summed E-state index contributed by atoms with van der Waals surface area (Å²) in [6.45, 7) is -1.46. The third-order valence-corrected chi connectivity index (χ3v) is 10.3. The zero-order valence-corrected chi connectivity index (χ0v) is 33.1. The number of aromatic nitrogens is 1. The van der Waals surface area contributed by atoms with Crippen molar-refractivity contribution < 1.29 is 80.5 Å². The smallest absolute Gasteiger partial charge is 0.320 e. The van der Waals surface area contributed by atoms with Crippen LogP contribution in [0.1, 0.15) is 37.1 Å². The molecule has 2 rings (SSSR count). The molecule has 10 unspecified atom stereocenters. The van der Waals surface area contributed by atoms with Crippen LogP contribution in [0.25, 0.3) is 0 Å². The van der Waals surface area contributed by atoms with Gasteiger partial charge < -0.3 is 76.0 Å². The Morgan fingerprint density at radius 3 is 1.29 bits per heavy atom. The Labute approximate surface area is 336 Å². The summed E-state index contributed by atoms with van der Waals surface area (Å²) in [5.74, 6) is -3.52. The number of likely N-dealkylation sites (N-methyl/N-ethyl adjacent to an activating group) is 3. The Morgan fingerprint density at radius 1 is 0.621 bits per heavy atom. The molecule has 2 amide bonds. The lowest BCUT2D eigenvalue weighted by Gasteiger charge is -2.34. The number of carbonyl (C=O) groups is 4. The monoisotopic (exact) mass is 834 g/mol. The van der Waals surface area contributed by atoms with Crippen LogP contribution in [-0.4, -0.2) is 249 Å². The molecule has 0 saturated carbocycles. The van der Waals surface area contributed by atoms with Gasteiger partial charge in [-0.1, -0.05) is 6.07 Å². The van der Waals surface area contributed by atoms with E-state index in [1.54, 1.807) is 35.0 Å². The van der Waals surface area contributed by atoms with E-state index in [0.29, 0.717) is 24.5 Å². The Kier molecular flexibility index (Phi) is 21.4. The minimum Gasteiger partial charge on any atom is -0.480 e. The van der Waals surface area contributed by atoms with Crippen molar-refractivity contribution in [3.05, 3.63) is 29.6 Å². The molecule has 10 atom stereocenters. The van der Waals surface area contributed by atoms with Gasteiger partial charge in [-0.05, 0) is 32.0 Å². The summed E-state index contributed by atoms with van der Waals surface area (Å²) in [6.07, 6.45) is -15.1. The van der Waals surface area contributed by atoms with E-state index in [1.807, 2.05) is 4.90 Å². The Morgan fingerprint density at radius 2 is 0.966 bits per heavy atom. The molecule has 12 N–H and O–H groups in total. The van der Waals surface area contributed by atoms with Crippen LogP contribution in [0, 0.1) is 0 Å². The minimum absolute atomic E-state index is 0.0540. The van der Waals surface area contributed by atoms with Crippen molar-refractivity contribution in [2.75, 3.05) is 73.6 Å².